The first-order valence-corrected chi connectivity index (χ1v) is 9.56. The van der Waals surface area contributed by atoms with Crippen LogP contribution in [0.2, 0.25) is 5.02 Å². The molecule has 2 aromatic rings. The summed E-state index contributed by atoms with van der Waals surface area (Å²) in [6.07, 6.45) is -3.12. The zero-order chi connectivity index (χ0) is 22.0. The minimum Gasteiger partial charge on any atom is -0.467 e. The van der Waals surface area contributed by atoms with Gasteiger partial charge in [-0.3, -0.25) is 4.79 Å². The molecule has 0 aliphatic heterocycles. The summed E-state index contributed by atoms with van der Waals surface area (Å²) in [4.78, 5) is 15.1. The number of carbonyl (C=O) groups is 1. The van der Waals surface area contributed by atoms with Crippen LogP contribution in [0, 0.1) is 11.6 Å². The van der Waals surface area contributed by atoms with E-state index in [9.17, 15) is 35.2 Å². The Morgan fingerprint density at radius 2 is 1.86 bits per heavy atom. The molecule has 0 aliphatic carbocycles. The van der Waals surface area contributed by atoms with E-state index in [1.165, 1.54) is 4.72 Å². The molecule has 0 atom stereocenters. The highest BCUT2D eigenvalue weighted by molar-refractivity contribution is 7.89. The van der Waals surface area contributed by atoms with E-state index in [0.29, 0.717) is 18.4 Å². The second kappa shape index (κ2) is 8.37. The van der Waals surface area contributed by atoms with Crippen molar-refractivity contribution in [3.63, 3.8) is 0 Å². The average molecular weight is 461 g/mol. The van der Waals surface area contributed by atoms with E-state index in [-0.39, 0.29) is 5.75 Å². The molecule has 7 nitrogen and oxygen atoms in total. The van der Waals surface area contributed by atoms with Gasteiger partial charge in [0.25, 0.3) is 5.91 Å². The third-order valence-corrected chi connectivity index (χ3v) is 3.75. The Bertz CT molecular complexity index is 1050. The maximum Gasteiger partial charge on any atom is 0.422 e. The number of rotatable bonds is 6. The zero-order valence-corrected chi connectivity index (χ0v) is 15.8. The third-order valence-electron chi connectivity index (χ3n) is 2.93. The molecule has 0 radical (unpaired) electrons. The summed E-state index contributed by atoms with van der Waals surface area (Å²) in [5.74, 6) is -5.49. The number of aromatic nitrogens is 1. The summed E-state index contributed by atoms with van der Waals surface area (Å²) in [7, 11) is -4.01. The van der Waals surface area contributed by atoms with Gasteiger partial charge < -0.3 is 9.47 Å². The summed E-state index contributed by atoms with van der Waals surface area (Å²) >= 11 is 5.71. The number of halogens is 6. The monoisotopic (exact) mass is 460 g/mol. The van der Waals surface area contributed by atoms with Crippen molar-refractivity contribution in [3.05, 3.63) is 46.6 Å². The van der Waals surface area contributed by atoms with E-state index >= 15 is 0 Å². The van der Waals surface area contributed by atoms with Crippen LogP contribution in [0.3, 0.4) is 0 Å². The number of amides is 1. The highest BCUT2D eigenvalue weighted by Gasteiger charge is 2.29. The van der Waals surface area contributed by atoms with Gasteiger partial charge in [0.15, 0.2) is 18.2 Å². The molecule has 0 fully saturated rings. The van der Waals surface area contributed by atoms with E-state index < -0.39 is 62.6 Å². The Kier molecular flexibility index (Phi) is 6.53. The van der Waals surface area contributed by atoms with Gasteiger partial charge >= 0.3 is 6.18 Å². The van der Waals surface area contributed by atoms with Gasteiger partial charge in [-0.15, -0.1) is 0 Å². The second-order valence-corrected chi connectivity index (χ2v) is 7.59. The maximum absolute atomic E-state index is 14.1. The molecule has 158 valence electrons. The van der Waals surface area contributed by atoms with Crippen LogP contribution in [0.4, 0.5) is 22.0 Å². The van der Waals surface area contributed by atoms with Gasteiger partial charge in [0.1, 0.15) is 16.6 Å². The molecule has 0 spiro atoms. The van der Waals surface area contributed by atoms with Crippen molar-refractivity contribution in [2.24, 2.45) is 0 Å². The Balaban J connectivity index is 2.21. The molecule has 0 saturated carbocycles. The summed E-state index contributed by atoms with van der Waals surface area (Å²) in [6.45, 7) is -1.64. The highest BCUT2D eigenvalue weighted by atomic mass is 35.5. The number of sulfonamides is 1. The molecule has 0 unspecified atom stereocenters. The fraction of sp³-hybridized carbons (Fsp3) is 0.200. The van der Waals surface area contributed by atoms with Crippen LogP contribution in [0.15, 0.2) is 24.4 Å². The molecular weight excluding hydrogens is 451 g/mol. The van der Waals surface area contributed by atoms with Gasteiger partial charge in [-0.05, 0) is 6.07 Å². The predicted octanol–water partition coefficient (Wildman–Crippen LogP) is 3.44. The molecule has 0 aliphatic rings. The van der Waals surface area contributed by atoms with Crippen molar-refractivity contribution in [3.8, 4) is 17.4 Å². The summed E-state index contributed by atoms with van der Waals surface area (Å²) < 4.78 is 97.5. The largest absolute Gasteiger partial charge is 0.467 e. The van der Waals surface area contributed by atoms with Crippen LogP contribution >= 0.6 is 11.6 Å². The van der Waals surface area contributed by atoms with Gasteiger partial charge in [0, 0.05) is 12.1 Å². The molecule has 2 rings (SSSR count). The lowest BCUT2D eigenvalue weighted by Crippen LogP contribution is -2.30. The number of pyridine rings is 1. The van der Waals surface area contributed by atoms with E-state index in [1.807, 2.05) is 0 Å². The lowest BCUT2D eigenvalue weighted by Gasteiger charge is -2.12. The number of ether oxygens (including phenoxy) is 2. The molecule has 1 aromatic heterocycles. The quantitative estimate of drug-likeness (QED) is 0.664. The number of hydrogen-bond acceptors (Lipinski definition) is 6. The lowest BCUT2D eigenvalue weighted by atomic mass is 10.2. The van der Waals surface area contributed by atoms with Crippen molar-refractivity contribution in [2.45, 2.75) is 6.18 Å². The molecule has 0 bridgehead atoms. The maximum atomic E-state index is 14.1. The Morgan fingerprint density at radius 1 is 1.21 bits per heavy atom. The molecule has 1 aromatic carbocycles. The Labute approximate surface area is 165 Å². The topological polar surface area (TPSA) is 94.6 Å². The van der Waals surface area contributed by atoms with Crippen molar-refractivity contribution < 1.29 is 44.6 Å². The number of nitrogens with one attached hydrogen (secondary N) is 1. The molecule has 1 N–H and O–H groups in total. The summed E-state index contributed by atoms with van der Waals surface area (Å²) in [5.41, 5.74) is -0.896. The number of alkyl halides is 3. The Morgan fingerprint density at radius 3 is 2.41 bits per heavy atom. The van der Waals surface area contributed by atoms with Crippen molar-refractivity contribution in [1.29, 1.82) is 0 Å². The van der Waals surface area contributed by atoms with Crippen molar-refractivity contribution >= 4 is 27.5 Å². The smallest absolute Gasteiger partial charge is 0.422 e. The van der Waals surface area contributed by atoms with Gasteiger partial charge in [0.2, 0.25) is 15.9 Å². The van der Waals surface area contributed by atoms with Crippen LogP contribution in [0.1, 0.15) is 10.4 Å². The number of nitrogens with zero attached hydrogens (tertiary/aromatic N) is 1. The molecule has 0 saturated heterocycles. The van der Waals surface area contributed by atoms with Crippen LogP contribution in [-0.4, -0.2) is 38.3 Å². The van der Waals surface area contributed by atoms with Crippen LogP contribution in [0.25, 0.3) is 0 Å². The van der Waals surface area contributed by atoms with Gasteiger partial charge in [-0.1, -0.05) is 11.6 Å². The van der Waals surface area contributed by atoms with E-state index in [0.717, 1.165) is 12.3 Å². The first-order valence-electron chi connectivity index (χ1n) is 7.29. The van der Waals surface area contributed by atoms with E-state index in [4.69, 9.17) is 16.3 Å². The fourth-order valence-corrected chi connectivity index (χ4v) is 2.51. The highest BCUT2D eigenvalue weighted by Crippen LogP contribution is 2.32. The number of benzene rings is 1. The van der Waals surface area contributed by atoms with Crippen molar-refractivity contribution in [2.75, 3.05) is 12.9 Å². The van der Waals surface area contributed by atoms with Crippen molar-refractivity contribution in [1.82, 2.24) is 9.71 Å². The number of hydrogen-bond donors (Lipinski definition) is 1. The number of carbonyl (C=O) groups excluding carboxylic acids is 1. The second-order valence-electron chi connectivity index (χ2n) is 5.43. The summed E-state index contributed by atoms with van der Waals surface area (Å²) in [5, 5.41) is -0.392. The normalized spacial score (nSPS) is 11.8. The minimum atomic E-state index is -4.62. The first kappa shape index (κ1) is 22.6. The zero-order valence-electron chi connectivity index (χ0n) is 14.2. The molecule has 29 heavy (non-hydrogen) atoms. The molecular formula is C15H10ClF5N2O5S. The minimum absolute atomic E-state index is 0.277. The van der Waals surface area contributed by atoms with E-state index in [2.05, 4.69) is 9.72 Å². The molecule has 1 heterocycles. The molecule has 14 heteroatoms. The van der Waals surface area contributed by atoms with Gasteiger partial charge in [-0.2, -0.15) is 13.2 Å². The van der Waals surface area contributed by atoms with Gasteiger partial charge in [0.05, 0.1) is 18.0 Å². The van der Waals surface area contributed by atoms with Crippen LogP contribution in [-0.2, 0) is 10.0 Å². The molecule has 1 amide bonds. The first-order chi connectivity index (χ1) is 13.2. The fourth-order valence-electron chi connectivity index (χ4n) is 1.85. The van der Waals surface area contributed by atoms with Crippen LogP contribution in [0.5, 0.6) is 17.4 Å². The average Bonchev–Trinajstić information content (AvgIpc) is 2.54. The standard InChI is InChI=1S/C15H10ClF5N2O5S/c1-29(25,26)23-13(24)8-3-11(18)12(4-10(8)17)28-7-2-9(16)14(22-5-7)27-6-15(19,20)21/h2-5H,6H2,1H3,(H,23,24). The SMILES string of the molecule is CS(=O)(=O)NC(=O)c1cc(F)c(Oc2cnc(OCC(F)(F)F)c(Cl)c2)cc1F. The summed E-state index contributed by atoms with van der Waals surface area (Å²) in [6, 6.07) is 1.82. The lowest BCUT2D eigenvalue weighted by molar-refractivity contribution is -0.154. The van der Waals surface area contributed by atoms with E-state index in [1.54, 1.807) is 0 Å². The van der Waals surface area contributed by atoms with Gasteiger partial charge in [-0.25, -0.2) is 26.9 Å². The van der Waals surface area contributed by atoms with Crippen LogP contribution < -0.4 is 14.2 Å². The predicted molar refractivity (Wildman–Crippen MR) is 89.5 cm³/mol. The third kappa shape index (κ3) is 6.71. The Hall–Kier alpha value is -2.67.